The van der Waals surface area contributed by atoms with Crippen LogP contribution >= 0.6 is 23.1 Å². The van der Waals surface area contributed by atoms with E-state index in [0.29, 0.717) is 27.9 Å². The molecule has 1 amide bonds. The van der Waals surface area contributed by atoms with Gasteiger partial charge >= 0.3 is 0 Å². The fraction of sp³-hybridized carbons (Fsp3) is 0.188. The van der Waals surface area contributed by atoms with Crippen LogP contribution in [0, 0.1) is 18.3 Å². The number of hydrogen-bond acceptors (Lipinski definition) is 7. The van der Waals surface area contributed by atoms with E-state index < -0.39 is 0 Å². The quantitative estimate of drug-likeness (QED) is 0.670. The third-order valence-corrected chi connectivity index (χ3v) is 5.13. The van der Waals surface area contributed by atoms with Gasteiger partial charge in [0.05, 0.1) is 11.3 Å². The molecule has 126 valence electrons. The summed E-state index contributed by atoms with van der Waals surface area (Å²) >= 11 is 2.75. The Morgan fingerprint density at radius 3 is 3.04 bits per heavy atom. The molecular weight excluding hydrogens is 356 g/mol. The second-order valence-electron chi connectivity index (χ2n) is 5.08. The van der Waals surface area contributed by atoms with Gasteiger partial charge in [0.15, 0.2) is 0 Å². The molecule has 0 aliphatic heterocycles. The number of carbonyl (C=O) groups excluding carboxylic acids is 1. The topological polar surface area (TPSA) is 96.5 Å². The van der Waals surface area contributed by atoms with E-state index in [-0.39, 0.29) is 5.91 Å². The Hall–Kier alpha value is -2.70. The van der Waals surface area contributed by atoms with Gasteiger partial charge < -0.3 is 5.32 Å². The summed E-state index contributed by atoms with van der Waals surface area (Å²) in [5.74, 6) is 0.395. The molecule has 25 heavy (non-hydrogen) atoms. The second-order valence-corrected chi connectivity index (χ2v) is 7.06. The number of amides is 1. The summed E-state index contributed by atoms with van der Waals surface area (Å²) in [5, 5.41) is 26.5. The molecule has 2 aromatic heterocycles. The van der Waals surface area contributed by atoms with Crippen molar-refractivity contribution in [2.45, 2.75) is 18.5 Å². The minimum Gasteiger partial charge on any atom is -0.317 e. The fourth-order valence-corrected chi connectivity index (χ4v) is 3.71. The molecule has 0 unspecified atom stereocenters. The molecule has 3 rings (SSSR count). The number of benzene rings is 1. The highest BCUT2D eigenvalue weighted by Gasteiger charge is 2.12. The average Bonchev–Trinajstić information content (AvgIpc) is 3.24. The van der Waals surface area contributed by atoms with E-state index in [0.717, 1.165) is 11.3 Å². The minimum atomic E-state index is -0.138. The van der Waals surface area contributed by atoms with Crippen LogP contribution in [-0.2, 0) is 4.79 Å². The van der Waals surface area contributed by atoms with Gasteiger partial charge in [-0.25, -0.2) is 0 Å². The number of nitrogens with one attached hydrogen (secondary N) is 1. The van der Waals surface area contributed by atoms with Gasteiger partial charge in [0.2, 0.25) is 11.1 Å². The van der Waals surface area contributed by atoms with Crippen molar-refractivity contribution in [1.29, 1.82) is 5.26 Å². The minimum absolute atomic E-state index is 0.138. The smallest absolute Gasteiger partial charge is 0.225 e. The maximum Gasteiger partial charge on any atom is 0.225 e. The van der Waals surface area contributed by atoms with Crippen LogP contribution in [0.1, 0.15) is 17.5 Å². The molecule has 0 aliphatic rings. The molecule has 0 atom stereocenters. The predicted octanol–water partition coefficient (Wildman–Crippen LogP) is 3.02. The number of aryl methyl sites for hydroxylation is 1. The van der Waals surface area contributed by atoms with Crippen LogP contribution in [0.4, 0.5) is 5.00 Å². The number of aromatic nitrogens is 4. The highest BCUT2D eigenvalue weighted by molar-refractivity contribution is 7.99. The van der Waals surface area contributed by atoms with E-state index in [2.05, 4.69) is 26.9 Å². The molecule has 1 aromatic carbocycles. The van der Waals surface area contributed by atoms with E-state index in [9.17, 15) is 4.79 Å². The number of rotatable bonds is 6. The molecule has 0 saturated heterocycles. The summed E-state index contributed by atoms with van der Waals surface area (Å²) < 4.78 is 1.67. The Balaban J connectivity index is 1.59. The summed E-state index contributed by atoms with van der Waals surface area (Å²) in [4.78, 5) is 12.0. The van der Waals surface area contributed by atoms with Crippen molar-refractivity contribution < 1.29 is 4.79 Å². The number of hydrogen-bond donors (Lipinski definition) is 1. The number of thioether (sulfide) groups is 1. The first kappa shape index (κ1) is 17.1. The van der Waals surface area contributed by atoms with Crippen molar-refractivity contribution in [3.8, 4) is 11.8 Å². The van der Waals surface area contributed by atoms with E-state index in [1.165, 1.54) is 23.1 Å². The van der Waals surface area contributed by atoms with E-state index >= 15 is 0 Å². The van der Waals surface area contributed by atoms with Crippen LogP contribution in [0.25, 0.3) is 5.69 Å². The van der Waals surface area contributed by atoms with Crippen LogP contribution in [-0.4, -0.2) is 31.9 Å². The van der Waals surface area contributed by atoms with Crippen molar-refractivity contribution in [1.82, 2.24) is 20.2 Å². The highest BCUT2D eigenvalue weighted by Crippen LogP contribution is 2.23. The number of anilines is 1. The number of carbonyl (C=O) groups is 1. The third kappa shape index (κ3) is 4.04. The molecule has 7 nitrogen and oxygen atoms in total. The number of nitriles is 1. The third-order valence-electron chi connectivity index (χ3n) is 3.38. The molecule has 0 aliphatic carbocycles. The monoisotopic (exact) mass is 370 g/mol. The van der Waals surface area contributed by atoms with Crippen molar-refractivity contribution in [2.75, 3.05) is 11.1 Å². The van der Waals surface area contributed by atoms with Crippen molar-refractivity contribution >= 4 is 34.0 Å². The summed E-state index contributed by atoms with van der Waals surface area (Å²) in [6.45, 7) is 1.99. The summed E-state index contributed by atoms with van der Waals surface area (Å²) in [7, 11) is 0. The van der Waals surface area contributed by atoms with Gasteiger partial charge in [-0.05, 0) is 40.4 Å². The first-order valence-corrected chi connectivity index (χ1v) is 9.30. The Morgan fingerprint density at radius 1 is 1.40 bits per heavy atom. The van der Waals surface area contributed by atoms with Crippen molar-refractivity contribution in [3.05, 3.63) is 46.8 Å². The Labute approximate surface area is 152 Å². The van der Waals surface area contributed by atoms with Gasteiger partial charge in [-0.1, -0.05) is 30.0 Å². The SMILES string of the molecule is Cc1ccccc1-n1nnnc1SCCC(=O)Nc1sccc1C#N. The van der Waals surface area contributed by atoms with Gasteiger partial charge in [0.25, 0.3) is 0 Å². The van der Waals surface area contributed by atoms with E-state index in [1.54, 1.807) is 16.1 Å². The van der Waals surface area contributed by atoms with E-state index in [1.807, 2.05) is 31.2 Å². The fourth-order valence-electron chi connectivity index (χ4n) is 2.14. The van der Waals surface area contributed by atoms with Crippen molar-refractivity contribution in [2.24, 2.45) is 0 Å². The van der Waals surface area contributed by atoms with Crippen LogP contribution in [0.2, 0.25) is 0 Å². The lowest BCUT2D eigenvalue weighted by molar-refractivity contribution is -0.115. The van der Waals surface area contributed by atoms with Gasteiger partial charge in [-0.15, -0.1) is 16.4 Å². The molecule has 0 spiro atoms. The lowest BCUT2D eigenvalue weighted by Gasteiger charge is -2.07. The molecule has 3 aromatic rings. The lowest BCUT2D eigenvalue weighted by atomic mass is 10.2. The maximum atomic E-state index is 12.0. The van der Waals surface area contributed by atoms with E-state index in [4.69, 9.17) is 5.26 Å². The Bertz CT molecular complexity index is 927. The number of tetrazole rings is 1. The Kier molecular flexibility index (Phi) is 5.42. The van der Waals surface area contributed by atoms with Crippen LogP contribution < -0.4 is 5.32 Å². The zero-order valence-corrected chi connectivity index (χ0v) is 15.0. The second kappa shape index (κ2) is 7.92. The molecule has 1 N–H and O–H groups in total. The number of nitrogens with zero attached hydrogens (tertiary/aromatic N) is 5. The van der Waals surface area contributed by atoms with Gasteiger partial charge in [-0.2, -0.15) is 9.94 Å². The first-order chi connectivity index (χ1) is 12.2. The largest absolute Gasteiger partial charge is 0.317 e. The molecule has 9 heteroatoms. The molecular formula is C16H14N6OS2. The zero-order chi connectivity index (χ0) is 17.6. The predicted molar refractivity (Wildman–Crippen MR) is 96.9 cm³/mol. The molecule has 0 bridgehead atoms. The highest BCUT2D eigenvalue weighted by atomic mass is 32.2. The maximum absolute atomic E-state index is 12.0. The lowest BCUT2D eigenvalue weighted by Crippen LogP contribution is -2.12. The average molecular weight is 370 g/mol. The number of thiophene rings is 1. The molecule has 0 saturated carbocycles. The molecule has 0 radical (unpaired) electrons. The standard InChI is InChI=1S/C16H14N6OS2/c1-11-4-2-3-5-13(11)22-16(19-20-21-22)25-9-7-14(23)18-15-12(10-17)6-8-24-15/h2-6,8H,7,9H2,1H3,(H,18,23). The molecule has 0 fully saturated rings. The first-order valence-electron chi connectivity index (χ1n) is 7.43. The van der Waals surface area contributed by atoms with Gasteiger partial charge in [0, 0.05) is 12.2 Å². The van der Waals surface area contributed by atoms with Crippen molar-refractivity contribution in [3.63, 3.8) is 0 Å². The summed E-state index contributed by atoms with van der Waals surface area (Å²) in [5.41, 5.74) is 2.46. The van der Waals surface area contributed by atoms with Crippen LogP contribution in [0.3, 0.4) is 0 Å². The molecule has 2 heterocycles. The number of para-hydroxylation sites is 1. The zero-order valence-electron chi connectivity index (χ0n) is 13.3. The van der Waals surface area contributed by atoms with Gasteiger partial charge in [-0.3, -0.25) is 4.79 Å². The van der Waals surface area contributed by atoms with Crippen LogP contribution in [0.15, 0.2) is 40.9 Å². The summed E-state index contributed by atoms with van der Waals surface area (Å²) in [6.07, 6.45) is 0.300. The van der Waals surface area contributed by atoms with Crippen LogP contribution in [0.5, 0.6) is 0 Å². The van der Waals surface area contributed by atoms with Gasteiger partial charge in [0.1, 0.15) is 11.1 Å². The summed E-state index contributed by atoms with van der Waals surface area (Å²) in [6, 6.07) is 11.6. The Morgan fingerprint density at radius 2 is 2.24 bits per heavy atom. The normalized spacial score (nSPS) is 10.4.